The third-order valence-corrected chi connectivity index (χ3v) is 4.75. The summed E-state index contributed by atoms with van der Waals surface area (Å²) in [4.78, 5) is 39.2. The van der Waals surface area contributed by atoms with Gasteiger partial charge in [-0.05, 0) is 43.9 Å². The van der Waals surface area contributed by atoms with Crippen LogP contribution in [-0.4, -0.2) is 23.2 Å². The quantitative estimate of drug-likeness (QED) is 0.620. The van der Waals surface area contributed by atoms with E-state index in [1.165, 1.54) is 0 Å². The molecule has 0 saturated carbocycles. The minimum absolute atomic E-state index is 0.0449. The van der Waals surface area contributed by atoms with Gasteiger partial charge < -0.3 is 10.3 Å². The van der Waals surface area contributed by atoms with E-state index in [1.54, 1.807) is 12.1 Å². The molecule has 0 aliphatic carbocycles. The van der Waals surface area contributed by atoms with Crippen LogP contribution in [0.25, 0.3) is 10.9 Å². The molecular formula is C23H24N2O3. The molecule has 0 bridgehead atoms. The van der Waals surface area contributed by atoms with Crippen LogP contribution in [0.2, 0.25) is 0 Å². The van der Waals surface area contributed by atoms with Crippen molar-refractivity contribution in [3.05, 3.63) is 81.1 Å². The average Bonchev–Trinajstić information content (AvgIpc) is 2.67. The van der Waals surface area contributed by atoms with Gasteiger partial charge in [0.1, 0.15) is 0 Å². The second-order valence-corrected chi connectivity index (χ2v) is 7.10. The molecule has 144 valence electrons. The summed E-state index contributed by atoms with van der Waals surface area (Å²) in [6.07, 6.45) is 0.752. The Kier molecular flexibility index (Phi) is 6.04. The lowest BCUT2D eigenvalue weighted by atomic mass is 10.0. The molecule has 0 radical (unpaired) electrons. The molecule has 0 unspecified atom stereocenters. The molecule has 0 saturated heterocycles. The van der Waals surface area contributed by atoms with Crippen LogP contribution in [-0.2, 0) is 11.2 Å². The summed E-state index contributed by atoms with van der Waals surface area (Å²) in [7, 11) is 0. The number of pyridine rings is 1. The topological polar surface area (TPSA) is 79.0 Å². The molecule has 28 heavy (non-hydrogen) atoms. The molecule has 1 aromatic heterocycles. The highest BCUT2D eigenvalue weighted by Gasteiger charge is 2.10. The van der Waals surface area contributed by atoms with Crippen molar-refractivity contribution in [1.82, 2.24) is 10.3 Å². The number of aryl methyl sites for hydroxylation is 2. The molecule has 1 amide bonds. The maximum Gasteiger partial charge on any atom is 0.251 e. The zero-order valence-electron chi connectivity index (χ0n) is 16.2. The Hall–Kier alpha value is -3.21. The molecule has 5 heteroatoms. The molecule has 3 rings (SSSR count). The number of hydrogen-bond acceptors (Lipinski definition) is 3. The van der Waals surface area contributed by atoms with E-state index in [4.69, 9.17) is 0 Å². The van der Waals surface area contributed by atoms with E-state index >= 15 is 0 Å². The summed E-state index contributed by atoms with van der Waals surface area (Å²) in [5, 5.41) is 3.77. The predicted octanol–water partition coefficient (Wildman–Crippen LogP) is 3.47. The molecule has 0 spiro atoms. The minimum Gasteiger partial charge on any atom is -0.356 e. The Balaban J connectivity index is 1.50. The largest absolute Gasteiger partial charge is 0.356 e. The van der Waals surface area contributed by atoms with Crippen LogP contribution in [0.1, 0.15) is 39.9 Å². The number of carbonyl (C=O) groups is 2. The summed E-state index contributed by atoms with van der Waals surface area (Å²) >= 11 is 0. The van der Waals surface area contributed by atoms with E-state index < -0.39 is 0 Å². The molecule has 2 aromatic carbocycles. The molecular weight excluding hydrogens is 352 g/mol. The van der Waals surface area contributed by atoms with Crippen LogP contribution in [0, 0.1) is 13.8 Å². The molecule has 2 N–H and O–H groups in total. The number of aromatic nitrogens is 1. The van der Waals surface area contributed by atoms with E-state index in [0.29, 0.717) is 24.1 Å². The van der Waals surface area contributed by atoms with Crippen molar-refractivity contribution < 1.29 is 9.59 Å². The lowest BCUT2D eigenvalue weighted by Gasteiger charge is -2.07. The van der Waals surface area contributed by atoms with Crippen molar-refractivity contribution in [2.24, 2.45) is 0 Å². The van der Waals surface area contributed by atoms with E-state index in [1.807, 2.05) is 50.2 Å². The summed E-state index contributed by atoms with van der Waals surface area (Å²) in [5.41, 5.74) is 4.13. The maximum atomic E-state index is 12.2. The molecule has 3 aromatic rings. The molecule has 0 aliphatic rings. The fourth-order valence-corrected chi connectivity index (χ4v) is 3.09. The first-order valence-corrected chi connectivity index (χ1v) is 9.41. The zero-order valence-corrected chi connectivity index (χ0v) is 16.2. The minimum atomic E-state index is -0.187. The fraction of sp³-hybridized carbons (Fsp3) is 0.261. The first-order valence-electron chi connectivity index (χ1n) is 9.41. The van der Waals surface area contributed by atoms with E-state index in [-0.39, 0.29) is 30.1 Å². The normalized spacial score (nSPS) is 10.8. The number of benzene rings is 2. The van der Waals surface area contributed by atoms with Gasteiger partial charge in [-0.25, -0.2) is 0 Å². The lowest BCUT2D eigenvalue weighted by Crippen LogP contribution is -2.27. The smallest absolute Gasteiger partial charge is 0.251 e. The molecule has 5 nitrogen and oxygen atoms in total. The van der Waals surface area contributed by atoms with Gasteiger partial charge in [0.2, 0.25) is 5.91 Å². The number of nitrogens with one attached hydrogen (secondary N) is 2. The number of hydrogen-bond donors (Lipinski definition) is 2. The monoisotopic (exact) mass is 376 g/mol. The van der Waals surface area contributed by atoms with E-state index in [9.17, 15) is 14.4 Å². The Morgan fingerprint density at radius 3 is 2.39 bits per heavy atom. The van der Waals surface area contributed by atoms with Gasteiger partial charge in [0.15, 0.2) is 5.78 Å². The third-order valence-electron chi connectivity index (χ3n) is 4.75. The SMILES string of the molecule is Cc1ccc(C(=O)CCC(=O)NCCc2cc3cc(C)ccc3[nH]c2=O)cc1. The summed E-state index contributed by atoms with van der Waals surface area (Å²) in [6.45, 7) is 4.32. The maximum absolute atomic E-state index is 12.2. The Labute approximate surface area is 163 Å². The number of fused-ring (bicyclic) bond motifs is 1. The van der Waals surface area contributed by atoms with Crippen molar-refractivity contribution >= 4 is 22.6 Å². The Morgan fingerprint density at radius 2 is 1.64 bits per heavy atom. The average molecular weight is 376 g/mol. The second-order valence-electron chi connectivity index (χ2n) is 7.10. The van der Waals surface area contributed by atoms with Crippen molar-refractivity contribution in [3.8, 4) is 0 Å². The van der Waals surface area contributed by atoms with Gasteiger partial charge >= 0.3 is 0 Å². The van der Waals surface area contributed by atoms with Crippen LogP contribution in [0.3, 0.4) is 0 Å². The number of ketones is 1. The van der Waals surface area contributed by atoms with Crippen molar-refractivity contribution in [2.45, 2.75) is 33.1 Å². The highest BCUT2D eigenvalue weighted by Crippen LogP contribution is 2.13. The second kappa shape index (κ2) is 8.65. The van der Waals surface area contributed by atoms with Gasteiger partial charge in [-0.3, -0.25) is 14.4 Å². The number of carbonyl (C=O) groups excluding carboxylic acids is 2. The summed E-state index contributed by atoms with van der Waals surface area (Å²) in [5.74, 6) is -0.231. The van der Waals surface area contributed by atoms with Crippen LogP contribution in [0.4, 0.5) is 0 Å². The number of aromatic amines is 1. The molecule has 0 atom stereocenters. The summed E-state index contributed by atoms with van der Waals surface area (Å²) in [6, 6.07) is 15.1. The van der Waals surface area contributed by atoms with Crippen LogP contribution >= 0.6 is 0 Å². The number of Topliss-reactive ketones (excluding diaryl/α,β-unsaturated/α-hetero) is 1. The van der Waals surface area contributed by atoms with Crippen LogP contribution in [0.15, 0.2) is 53.3 Å². The first-order chi connectivity index (χ1) is 13.4. The van der Waals surface area contributed by atoms with Crippen molar-refractivity contribution in [3.63, 3.8) is 0 Å². The lowest BCUT2D eigenvalue weighted by molar-refractivity contribution is -0.121. The molecule has 1 heterocycles. The van der Waals surface area contributed by atoms with E-state index in [0.717, 1.165) is 22.0 Å². The van der Waals surface area contributed by atoms with E-state index in [2.05, 4.69) is 10.3 Å². The van der Waals surface area contributed by atoms with Crippen molar-refractivity contribution in [2.75, 3.05) is 6.54 Å². The number of amides is 1. The van der Waals surface area contributed by atoms with Gasteiger partial charge in [0.05, 0.1) is 0 Å². The standard InChI is InChI=1S/C23H24N2O3/c1-15-3-6-17(7-4-15)21(26)9-10-22(27)24-12-11-18-14-19-13-16(2)5-8-20(19)25-23(18)28/h3-8,13-14H,9-12H2,1-2H3,(H,24,27)(H,25,28). The van der Waals surface area contributed by atoms with Gasteiger partial charge in [-0.15, -0.1) is 0 Å². The van der Waals surface area contributed by atoms with Crippen LogP contribution < -0.4 is 10.9 Å². The predicted molar refractivity (Wildman–Crippen MR) is 111 cm³/mol. The van der Waals surface area contributed by atoms with Gasteiger partial charge in [-0.2, -0.15) is 0 Å². The van der Waals surface area contributed by atoms with Gasteiger partial charge in [0.25, 0.3) is 5.56 Å². The highest BCUT2D eigenvalue weighted by molar-refractivity contribution is 5.97. The Bertz CT molecular complexity index is 1070. The number of H-pyrrole nitrogens is 1. The first kappa shape index (κ1) is 19.5. The summed E-state index contributed by atoms with van der Waals surface area (Å²) < 4.78 is 0. The van der Waals surface area contributed by atoms with Gasteiger partial charge in [-0.1, -0.05) is 41.5 Å². The van der Waals surface area contributed by atoms with Crippen LogP contribution in [0.5, 0.6) is 0 Å². The molecule has 0 aliphatic heterocycles. The van der Waals surface area contributed by atoms with Crippen molar-refractivity contribution in [1.29, 1.82) is 0 Å². The highest BCUT2D eigenvalue weighted by atomic mass is 16.2. The Morgan fingerprint density at radius 1 is 0.929 bits per heavy atom. The molecule has 0 fully saturated rings. The third kappa shape index (κ3) is 4.94. The zero-order chi connectivity index (χ0) is 20.1. The fourth-order valence-electron chi connectivity index (χ4n) is 3.09. The number of rotatable bonds is 7. The van der Waals surface area contributed by atoms with Gasteiger partial charge in [0, 0.05) is 36.0 Å².